The van der Waals surface area contributed by atoms with Gasteiger partial charge in [0.25, 0.3) is 0 Å². The minimum absolute atomic E-state index is 0.0272. The summed E-state index contributed by atoms with van der Waals surface area (Å²) in [5.41, 5.74) is 5.42. The van der Waals surface area contributed by atoms with Gasteiger partial charge in [0.15, 0.2) is 0 Å². The molecule has 0 aromatic heterocycles. The quantitative estimate of drug-likeness (QED) is 0.594. The number of nitrogens with one attached hydrogen (secondary N) is 2. The van der Waals surface area contributed by atoms with Crippen molar-refractivity contribution >= 4 is 12.1 Å². The number of aliphatic imine (C=N–C) groups is 1. The number of hydrogen-bond acceptors (Lipinski definition) is 6. The predicted molar refractivity (Wildman–Crippen MR) is 96.9 cm³/mol. The van der Waals surface area contributed by atoms with Crippen LogP contribution in [0.3, 0.4) is 0 Å². The molecule has 0 aromatic rings. The Bertz CT molecular complexity index is 499. The van der Waals surface area contributed by atoms with Gasteiger partial charge in [-0.2, -0.15) is 5.10 Å². The summed E-state index contributed by atoms with van der Waals surface area (Å²) in [6, 6.07) is 0. The molecule has 0 aliphatic carbocycles. The molecule has 2 rings (SSSR count). The lowest BCUT2D eigenvalue weighted by molar-refractivity contribution is 0.100. The molecular weight excluding hydrogens is 307 g/mol. The van der Waals surface area contributed by atoms with Crippen molar-refractivity contribution in [1.82, 2.24) is 15.6 Å². The van der Waals surface area contributed by atoms with Crippen LogP contribution in [0.5, 0.6) is 0 Å². The van der Waals surface area contributed by atoms with Gasteiger partial charge < -0.3 is 11.1 Å². The molecular formula is C17H29FN6. The summed E-state index contributed by atoms with van der Waals surface area (Å²) < 4.78 is 11.9. The van der Waals surface area contributed by atoms with Crippen LogP contribution in [0.15, 0.2) is 34.9 Å². The first-order valence-corrected chi connectivity index (χ1v) is 8.68. The Morgan fingerprint density at radius 2 is 2.29 bits per heavy atom. The van der Waals surface area contributed by atoms with E-state index in [0.717, 1.165) is 38.1 Å². The van der Waals surface area contributed by atoms with Crippen molar-refractivity contribution < 1.29 is 4.39 Å². The standard InChI is InChI=1S/C17H29FN6/c1-13(2)14-12-22-24-16(21-9-6-4-3-5-7-18)11-15(20-10-8-19)23-17(14)24/h5,7-8,10,12-14,16-17,21H,3-4,6,9,11,19H2,1-2H3,(H,20,23)/b7-5+,10-8+. The summed E-state index contributed by atoms with van der Waals surface area (Å²) in [6.07, 6.45) is 11.0. The molecule has 2 aliphatic rings. The van der Waals surface area contributed by atoms with Crippen molar-refractivity contribution in [2.75, 3.05) is 6.54 Å². The minimum Gasteiger partial charge on any atom is -0.403 e. The van der Waals surface area contributed by atoms with Gasteiger partial charge in [-0.1, -0.05) is 19.9 Å². The molecule has 0 radical (unpaired) electrons. The smallest absolute Gasteiger partial charge is 0.148 e. The monoisotopic (exact) mass is 336 g/mol. The highest BCUT2D eigenvalue weighted by atomic mass is 19.1. The van der Waals surface area contributed by atoms with Crippen LogP contribution in [-0.4, -0.2) is 35.9 Å². The first kappa shape index (κ1) is 18.4. The lowest BCUT2D eigenvalue weighted by Gasteiger charge is -2.37. The molecule has 4 N–H and O–H groups in total. The zero-order chi connectivity index (χ0) is 17.4. The molecule has 0 saturated carbocycles. The van der Waals surface area contributed by atoms with Crippen LogP contribution in [0, 0.1) is 11.8 Å². The first-order chi connectivity index (χ1) is 11.7. The second-order valence-electron chi connectivity index (χ2n) is 6.49. The second-order valence-corrected chi connectivity index (χ2v) is 6.49. The molecule has 0 spiro atoms. The number of hydrogen-bond donors (Lipinski definition) is 3. The van der Waals surface area contributed by atoms with E-state index in [1.54, 1.807) is 12.3 Å². The van der Waals surface area contributed by atoms with Gasteiger partial charge in [0.2, 0.25) is 0 Å². The topological polar surface area (TPSA) is 78.0 Å². The largest absolute Gasteiger partial charge is 0.403 e. The molecule has 7 heteroatoms. The van der Waals surface area contributed by atoms with Gasteiger partial charge in [-0.05, 0) is 31.7 Å². The Labute approximate surface area is 143 Å². The van der Waals surface area contributed by atoms with Gasteiger partial charge in [-0.15, -0.1) is 0 Å². The van der Waals surface area contributed by atoms with Crippen LogP contribution in [-0.2, 0) is 0 Å². The van der Waals surface area contributed by atoms with Crippen LogP contribution in [0.25, 0.3) is 0 Å². The van der Waals surface area contributed by atoms with Gasteiger partial charge in [0.05, 0.1) is 6.33 Å². The Morgan fingerprint density at radius 1 is 1.46 bits per heavy atom. The average Bonchev–Trinajstić information content (AvgIpc) is 3.00. The molecule has 2 aliphatic heterocycles. The normalized spacial score (nSPS) is 26.6. The predicted octanol–water partition coefficient (Wildman–Crippen LogP) is 2.28. The van der Waals surface area contributed by atoms with E-state index >= 15 is 0 Å². The van der Waals surface area contributed by atoms with E-state index in [9.17, 15) is 4.39 Å². The number of unbranched alkanes of at least 4 members (excludes halogenated alkanes) is 2. The highest BCUT2D eigenvalue weighted by Gasteiger charge is 2.39. The molecule has 3 unspecified atom stereocenters. The fourth-order valence-electron chi connectivity index (χ4n) is 3.02. The van der Waals surface area contributed by atoms with E-state index < -0.39 is 0 Å². The fourth-order valence-corrected chi connectivity index (χ4v) is 3.02. The molecule has 3 atom stereocenters. The molecule has 2 heterocycles. The van der Waals surface area contributed by atoms with E-state index in [0.29, 0.717) is 18.2 Å². The summed E-state index contributed by atoms with van der Waals surface area (Å²) in [7, 11) is 0. The number of halogens is 1. The third-order valence-electron chi connectivity index (χ3n) is 4.36. The van der Waals surface area contributed by atoms with Gasteiger partial charge in [0, 0.05) is 31.0 Å². The van der Waals surface area contributed by atoms with E-state index in [2.05, 4.69) is 34.6 Å². The number of amidine groups is 1. The van der Waals surface area contributed by atoms with E-state index in [1.807, 2.05) is 6.21 Å². The molecule has 0 aromatic carbocycles. The maximum Gasteiger partial charge on any atom is 0.148 e. The fraction of sp³-hybridized carbons (Fsp3) is 0.647. The van der Waals surface area contributed by atoms with Crippen LogP contribution in [0.4, 0.5) is 4.39 Å². The lowest BCUT2D eigenvalue weighted by Crippen LogP contribution is -2.53. The van der Waals surface area contributed by atoms with Crippen molar-refractivity contribution in [1.29, 1.82) is 0 Å². The van der Waals surface area contributed by atoms with Crippen molar-refractivity contribution in [3.05, 3.63) is 24.8 Å². The van der Waals surface area contributed by atoms with Crippen molar-refractivity contribution in [3.63, 3.8) is 0 Å². The third kappa shape index (κ3) is 4.80. The van der Waals surface area contributed by atoms with E-state index in [-0.39, 0.29) is 12.3 Å². The zero-order valence-electron chi connectivity index (χ0n) is 14.5. The SMILES string of the molecule is CC(C)C1C=NN2C(NCCCC/C=C/F)CC(N/C=C/N)=NC12. The number of fused-ring (bicyclic) bond motifs is 1. The highest BCUT2D eigenvalue weighted by molar-refractivity contribution is 5.85. The molecule has 6 nitrogen and oxygen atoms in total. The molecule has 0 bridgehead atoms. The molecule has 0 amide bonds. The Kier molecular flexibility index (Phi) is 7.24. The van der Waals surface area contributed by atoms with Crippen LogP contribution < -0.4 is 16.4 Å². The van der Waals surface area contributed by atoms with E-state index in [1.165, 1.54) is 6.20 Å². The summed E-state index contributed by atoms with van der Waals surface area (Å²) in [5.74, 6) is 1.71. The van der Waals surface area contributed by atoms with Crippen LogP contribution >= 0.6 is 0 Å². The second kappa shape index (κ2) is 9.42. The Hall–Kier alpha value is -1.89. The average molecular weight is 336 g/mol. The Balaban J connectivity index is 1.95. The van der Waals surface area contributed by atoms with Gasteiger partial charge in [-0.25, -0.2) is 9.38 Å². The van der Waals surface area contributed by atoms with Crippen molar-refractivity contribution in [2.24, 2.45) is 27.7 Å². The minimum atomic E-state index is 0.0272. The molecule has 24 heavy (non-hydrogen) atoms. The lowest BCUT2D eigenvalue weighted by atomic mass is 9.94. The number of nitrogens with zero attached hydrogens (tertiary/aromatic N) is 3. The number of nitrogens with two attached hydrogens (primary N) is 1. The summed E-state index contributed by atoms with van der Waals surface area (Å²) >= 11 is 0. The number of allylic oxidation sites excluding steroid dienone is 1. The summed E-state index contributed by atoms with van der Waals surface area (Å²) in [5, 5.41) is 13.4. The van der Waals surface area contributed by atoms with E-state index in [4.69, 9.17) is 10.7 Å². The van der Waals surface area contributed by atoms with Crippen molar-refractivity contribution in [3.8, 4) is 0 Å². The number of rotatable bonds is 8. The zero-order valence-corrected chi connectivity index (χ0v) is 14.5. The van der Waals surface area contributed by atoms with Gasteiger partial charge >= 0.3 is 0 Å². The van der Waals surface area contributed by atoms with Crippen LogP contribution in [0.2, 0.25) is 0 Å². The summed E-state index contributed by atoms with van der Waals surface area (Å²) in [4.78, 5) is 4.81. The molecule has 134 valence electrons. The van der Waals surface area contributed by atoms with Gasteiger partial charge in [0.1, 0.15) is 18.2 Å². The summed E-state index contributed by atoms with van der Waals surface area (Å²) in [6.45, 7) is 5.26. The maximum atomic E-state index is 11.9. The van der Waals surface area contributed by atoms with Crippen molar-refractivity contribution in [2.45, 2.75) is 51.9 Å². The third-order valence-corrected chi connectivity index (χ3v) is 4.36. The molecule has 0 fully saturated rings. The van der Waals surface area contributed by atoms with Crippen LogP contribution in [0.1, 0.15) is 39.5 Å². The maximum absolute atomic E-state index is 11.9. The molecule has 0 saturated heterocycles. The highest BCUT2D eigenvalue weighted by Crippen LogP contribution is 2.30. The van der Waals surface area contributed by atoms with Gasteiger partial charge in [-0.3, -0.25) is 10.3 Å². The first-order valence-electron chi connectivity index (χ1n) is 8.68. The Morgan fingerprint density at radius 3 is 3.00 bits per heavy atom. The number of hydrazone groups is 1.